The minimum atomic E-state index is -0.457. The lowest BCUT2D eigenvalue weighted by Gasteiger charge is -2.41. The Morgan fingerprint density at radius 1 is 1.16 bits per heavy atom. The molecule has 0 aliphatic carbocycles. The van der Waals surface area contributed by atoms with Gasteiger partial charge >= 0.3 is 0 Å². The molecule has 19 heavy (non-hydrogen) atoms. The van der Waals surface area contributed by atoms with E-state index < -0.39 is 11.7 Å². The van der Waals surface area contributed by atoms with Gasteiger partial charge in [-0.05, 0) is 53.5 Å². The van der Waals surface area contributed by atoms with Gasteiger partial charge in [0, 0.05) is 5.54 Å². The van der Waals surface area contributed by atoms with E-state index in [-0.39, 0.29) is 23.1 Å². The van der Waals surface area contributed by atoms with Gasteiger partial charge in [0.25, 0.3) is 0 Å². The number of hydrogen-bond acceptors (Lipinski definition) is 3. The second-order valence-electron chi connectivity index (χ2n) is 8.59. The van der Waals surface area contributed by atoms with Gasteiger partial charge in [0.05, 0.1) is 17.7 Å². The molecule has 1 aliphatic heterocycles. The molecular formula is C16H33NO2. The van der Waals surface area contributed by atoms with Crippen LogP contribution in [0.15, 0.2) is 0 Å². The Bertz CT molecular complexity index is 316. The zero-order valence-corrected chi connectivity index (χ0v) is 14.2. The zero-order chi connectivity index (χ0) is 15.2. The van der Waals surface area contributed by atoms with Crippen molar-refractivity contribution in [3.8, 4) is 0 Å². The standard InChI is InChI=1S/C16H33NO2/c1-11-12(17(9)15(5,6)7)13(18)16(8,19-11)10-14(2,3)4/h11-13,18H,10H2,1-9H3/t11-,12-,13-,16+/m0/s1. The van der Waals surface area contributed by atoms with Crippen molar-refractivity contribution >= 4 is 0 Å². The lowest BCUT2D eigenvalue weighted by molar-refractivity contribution is -0.0871. The van der Waals surface area contributed by atoms with E-state index in [0.717, 1.165) is 6.42 Å². The summed E-state index contributed by atoms with van der Waals surface area (Å²) in [7, 11) is 2.08. The Hall–Kier alpha value is -0.120. The van der Waals surface area contributed by atoms with Gasteiger partial charge < -0.3 is 9.84 Å². The predicted molar refractivity (Wildman–Crippen MR) is 80.3 cm³/mol. The van der Waals surface area contributed by atoms with Crippen molar-refractivity contribution in [1.29, 1.82) is 0 Å². The number of aliphatic hydroxyl groups excluding tert-OH is 1. The maximum atomic E-state index is 10.8. The van der Waals surface area contributed by atoms with Gasteiger partial charge in [0.2, 0.25) is 0 Å². The highest BCUT2D eigenvalue weighted by molar-refractivity contribution is 5.05. The SMILES string of the molecule is C[C@@H]1O[C@](C)(CC(C)(C)C)[C@@H](O)[C@H]1N(C)C(C)(C)C. The first-order chi connectivity index (χ1) is 8.28. The van der Waals surface area contributed by atoms with E-state index in [2.05, 4.69) is 67.3 Å². The summed E-state index contributed by atoms with van der Waals surface area (Å²) in [6.45, 7) is 17.2. The van der Waals surface area contributed by atoms with Crippen molar-refractivity contribution in [2.45, 2.75) is 91.2 Å². The molecule has 1 fully saturated rings. The molecule has 114 valence electrons. The number of ether oxygens (including phenoxy) is 1. The van der Waals surface area contributed by atoms with Crippen LogP contribution in [0, 0.1) is 5.41 Å². The third-order valence-corrected chi connectivity index (χ3v) is 4.27. The maximum Gasteiger partial charge on any atom is 0.101 e. The van der Waals surface area contributed by atoms with Crippen molar-refractivity contribution in [1.82, 2.24) is 4.90 Å². The van der Waals surface area contributed by atoms with Crippen LogP contribution in [-0.4, -0.2) is 46.4 Å². The zero-order valence-electron chi connectivity index (χ0n) is 14.2. The molecule has 0 unspecified atom stereocenters. The number of rotatable bonds is 2. The van der Waals surface area contributed by atoms with E-state index in [1.54, 1.807) is 0 Å². The van der Waals surface area contributed by atoms with Crippen LogP contribution >= 0.6 is 0 Å². The topological polar surface area (TPSA) is 32.7 Å². The Labute approximate surface area is 119 Å². The average molecular weight is 271 g/mol. The van der Waals surface area contributed by atoms with E-state index in [0.29, 0.717) is 0 Å². The lowest BCUT2D eigenvalue weighted by atomic mass is 9.79. The van der Waals surface area contributed by atoms with E-state index in [1.807, 2.05) is 0 Å². The summed E-state index contributed by atoms with van der Waals surface area (Å²) in [4.78, 5) is 2.25. The molecule has 1 aliphatic rings. The molecule has 0 bridgehead atoms. The van der Waals surface area contributed by atoms with Crippen LogP contribution in [0.1, 0.15) is 61.8 Å². The average Bonchev–Trinajstić information content (AvgIpc) is 2.31. The highest BCUT2D eigenvalue weighted by Crippen LogP contribution is 2.42. The predicted octanol–water partition coefficient (Wildman–Crippen LogP) is 3.06. The van der Waals surface area contributed by atoms with Gasteiger partial charge in [-0.25, -0.2) is 0 Å². The monoisotopic (exact) mass is 271 g/mol. The molecule has 4 atom stereocenters. The first-order valence-corrected chi connectivity index (χ1v) is 7.37. The van der Waals surface area contributed by atoms with Crippen LogP contribution in [0.2, 0.25) is 0 Å². The number of nitrogens with zero attached hydrogens (tertiary/aromatic N) is 1. The molecule has 0 aromatic heterocycles. The summed E-state index contributed by atoms with van der Waals surface area (Å²) in [5, 5.41) is 10.8. The molecule has 1 saturated heterocycles. The van der Waals surface area contributed by atoms with Crippen LogP contribution in [0.3, 0.4) is 0 Å². The van der Waals surface area contributed by atoms with Crippen LogP contribution in [0.5, 0.6) is 0 Å². The van der Waals surface area contributed by atoms with Gasteiger partial charge in [-0.15, -0.1) is 0 Å². The van der Waals surface area contributed by atoms with Crippen molar-refractivity contribution in [2.24, 2.45) is 5.41 Å². The summed E-state index contributed by atoms with van der Waals surface area (Å²) in [5.41, 5.74) is -0.289. The molecule has 3 heteroatoms. The molecule has 3 nitrogen and oxygen atoms in total. The summed E-state index contributed by atoms with van der Waals surface area (Å²) < 4.78 is 6.17. The van der Waals surface area contributed by atoms with Gasteiger partial charge in [-0.3, -0.25) is 4.90 Å². The quantitative estimate of drug-likeness (QED) is 0.838. The Kier molecular flexibility index (Phi) is 4.47. The van der Waals surface area contributed by atoms with Crippen molar-refractivity contribution in [2.75, 3.05) is 7.05 Å². The largest absolute Gasteiger partial charge is 0.388 e. The van der Waals surface area contributed by atoms with Crippen molar-refractivity contribution < 1.29 is 9.84 Å². The van der Waals surface area contributed by atoms with E-state index in [4.69, 9.17) is 4.74 Å². The minimum absolute atomic E-state index is 0.0241. The van der Waals surface area contributed by atoms with Gasteiger partial charge in [0.15, 0.2) is 0 Å². The number of aliphatic hydroxyl groups is 1. The third-order valence-electron chi connectivity index (χ3n) is 4.27. The van der Waals surface area contributed by atoms with Crippen LogP contribution < -0.4 is 0 Å². The maximum absolute atomic E-state index is 10.8. The van der Waals surface area contributed by atoms with Crippen molar-refractivity contribution in [3.05, 3.63) is 0 Å². The number of likely N-dealkylation sites (N-methyl/N-ethyl adjacent to an activating group) is 1. The normalized spacial score (nSPS) is 37.1. The molecule has 0 aromatic rings. The Morgan fingerprint density at radius 3 is 2.00 bits per heavy atom. The van der Waals surface area contributed by atoms with Crippen LogP contribution in [0.25, 0.3) is 0 Å². The molecule has 1 rings (SSSR count). The number of hydrogen-bond donors (Lipinski definition) is 1. The molecule has 1 N–H and O–H groups in total. The first-order valence-electron chi connectivity index (χ1n) is 7.37. The molecule has 0 saturated carbocycles. The third kappa shape index (κ3) is 3.71. The lowest BCUT2D eigenvalue weighted by Crippen LogP contribution is -2.55. The molecular weight excluding hydrogens is 238 g/mol. The molecule has 0 aromatic carbocycles. The minimum Gasteiger partial charge on any atom is -0.388 e. The first kappa shape index (κ1) is 16.9. The summed E-state index contributed by atoms with van der Waals surface area (Å²) >= 11 is 0. The fraction of sp³-hybridized carbons (Fsp3) is 1.00. The Balaban J connectivity index is 2.95. The molecule has 0 radical (unpaired) electrons. The van der Waals surface area contributed by atoms with Gasteiger partial charge in [0.1, 0.15) is 6.10 Å². The molecule has 0 spiro atoms. The fourth-order valence-electron chi connectivity index (χ4n) is 3.36. The second-order valence-corrected chi connectivity index (χ2v) is 8.59. The Morgan fingerprint density at radius 2 is 1.63 bits per heavy atom. The van der Waals surface area contributed by atoms with E-state index >= 15 is 0 Å². The van der Waals surface area contributed by atoms with E-state index in [1.165, 1.54) is 0 Å². The summed E-state index contributed by atoms with van der Waals surface area (Å²) in [6.07, 6.45) is 0.456. The highest BCUT2D eigenvalue weighted by atomic mass is 16.5. The molecule has 0 amide bonds. The van der Waals surface area contributed by atoms with Crippen molar-refractivity contribution in [3.63, 3.8) is 0 Å². The van der Waals surface area contributed by atoms with E-state index in [9.17, 15) is 5.11 Å². The smallest absolute Gasteiger partial charge is 0.101 e. The highest BCUT2D eigenvalue weighted by Gasteiger charge is 2.53. The molecule has 1 heterocycles. The van der Waals surface area contributed by atoms with Gasteiger partial charge in [-0.1, -0.05) is 20.8 Å². The van der Waals surface area contributed by atoms with Crippen LogP contribution in [0.4, 0.5) is 0 Å². The summed E-state index contributed by atoms with van der Waals surface area (Å²) in [6, 6.07) is 0.0485. The summed E-state index contributed by atoms with van der Waals surface area (Å²) in [5.74, 6) is 0. The van der Waals surface area contributed by atoms with Gasteiger partial charge in [-0.2, -0.15) is 0 Å². The van der Waals surface area contributed by atoms with Crippen LogP contribution in [-0.2, 0) is 4.74 Å². The fourth-order valence-corrected chi connectivity index (χ4v) is 3.36. The second kappa shape index (κ2) is 5.01.